The standard InChI is InChI=1S/C19H15N3OS2/c23-18(12-24-13-6-2-1-3-7-13)22-19-21-17(11-25-19)15-10-20-16-9-5-4-8-14(15)16/h1-11,20H,12H2,(H,21,22,23). The zero-order valence-corrected chi connectivity index (χ0v) is 14.9. The number of nitrogens with one attached hydrogen (secondary N) is 2. The first-order valence-corrected chi connectivity index (χ1v) is 9.66. The summed E-state index contributed by atoms with van der Waals surface area (Å²) in [5.74, 6) is 0.320. The van der Waals surface area contributed by atoms with Crippen molar-refractivity contribution in [2.45, 2.75) is 4.90 Å². The number of carbonyl (C=O) groups excluding carboxylic acids is 1. The van der Waals surface area contributed by atoms with Crippen LogP contribution in [0, 0.1) is 0 Å². The summed E-state index contributed by atoms with van der Waals surface area (Å²) in [5, 5.41) is 6.60. The normalized spacial score (nSPS) is 10.9. The number of nitrogens with zero attached hydrogens (tertiary/aromatic N) is 1. The number of hydrogen-bond donors (Lipinski definition) is 2. The highest BCUT2D eigenvalue weighted by molar-refractivity contribution is 8.00. The van der Waals surface area contributed by atoms with E-state index in [1.54, 1.807) is 0 Å². The Bertz CT molecular complexity index is 1010. The minimum atomic E-state index is -0.0475. The molecule has 0 saturated carbocycles. The minimum Gasteiger partial charge on any atom is -0.360 e. The van der Waals surface area contributed by atoms with Gasteiger partial charge in [-0.15, -0.1) is 23.1 Å². The molecule has 6 heteroatoms. The van der Waals surface area contributed by atoms with Gasteiger partial charge in [-0.2, -0.15) is 0 Å². The molecule has 2 aromatic carbocycles. The second-order valence-corrected chi connectivity index (χ2v) is 7.34. The van der Waals surface area contributed by atoms with Gasteiger partial charge in [0.2, 0.25) is 5.91 Å². The van der Waals surface area contributed by atoms with Gasteiger partial charge in [-0.3, -0.25) is 4.79 Å². The van der Waals surface area contributed by atoms with E-state index >= 15 is 0 Å². The Balaban J connectivity index is 1.44. The Labute approximate surface area is 153 Å². The summed E-state index contributed by atoms with van der Waals surface area (Å²) in [5.41, 5.74) is 3.00. The first-order chi connectivity index (χ1) is 12.3. The Morgan fingerprint density at radius 3 is 2.80 bits per heavy atom. The Morgan fingerprint density at radius 2 is 1.92 bits per heavy atom. The van der Waals surface area contributed by atoms with E-state index < -0.39 is 0 Å². The van der Waals surface area contributed by atoms with E-state index in [1.165, 1.54) is 23.1 Å². The van der Waals surface area contributed by atoms with E-state index in [-0.39, 0.29) is 5.91 Å². The van der Waals surface area contributed by atoms with Gasteiger partial charge < -0.3 is 10.3 Å². The van der Waals surface area contributed by atoms with E-state index in [0.29, 0.717) is 10.9 Å². The van der Waals surface area contributed by atoms with Crippen LogP contribution in [0.5, 0.6) is 0 Å². The number of amides is 1. The second-order valence-electron chi connectivity index (χ2n) is 5.44. The van der Waals surface area contributed by atoms with Crippen LogP contribution in [-0.2, 0) is 4.79 Å². The maximum Gasteiger partial charge on any atom is 0.236 e. The SMILES string of the molecule is O=C(CSc1ccccc1)Nc1nc(-c2c[nH]c3ccccc23)cs1. The van der Waals surface area contributed by atoms with E-state index in [0.717, 1.165) is 27.1 Å². The predicted molar refractivity (Wildman–Crippen MR) is 105 cm³/mol. The van der Waals surface area contributed by atoms with Crippen molar-refractivity contribution in [3.8, 4) is 11.3 Å². The predicted octanol–water partition coefficient (Wildman–Crippen LogP) is 5.02. The van der Waals surface area contributed by atoms with E-state index in [9.17, 15) is 4.79 Å². The number of thiazole rings is 1. The van der Waals surface area contributed by atoms with Crippen molar-refractivity contribution < 1.29 is 4.79 Å². The van der Waals surface area contributed by atoms with Crippen molar-refractivity contribution in [1.29, 1.82) is 0 Å². The molecule has 4 aromatic rings. The van der Waals surface area contributed by atoms with Gasteiger partial charge in [0.15, 0.2) is 5.13 Å². The molecular formula is C19H15N3OS2. The molecule has 0 aliphatic carbocycles. The average molecular weight is 365 g/mol. The first kappa shape index (κ1) is 15.9. The number of thioether (sulfide) groups is 1. The third kappa shape index (κ3) is 3.60. The topological polar surface area (TPSA) is 57.8 Å². The zero-order valence-electron chi connectivity index (χ0n) is 13.2. The molecule has 0 aliphatic heterocycles. The van der Waals surface area contributed by atoms with Gasteiger partial charge >= 0.3 is 0 Å². The number of anilines is 1. The molecule has 0 spiro atoms. The molecule has 0 atom stereocenters. The van der Waals surface area contributed by atoms with Gasteiger partial charge in [-0.25, -0.2) is 4.98 Å². The summed E-state index contributed by atoms with van der Waals surface area (Å²) in [6.07, 6.45) is 1.95. The lowest BCUT2D eigenvalue weighted by molar-refractivity contribution is -0.113. The van der Waals surface area contributed by atoms with Gasteiger partial charge in [0, 0.05) is 32.9 Å². The average Bonchev–Trinajstić information content (AvgIpc) is 3.27. The van der Waals surface area contributed by atoms with Gasteiger partial charge in [-0.1, -0.05) is 36.4 Å². The van der Waals surface area contributed by atoms with Crippen molar-refractivity contribution in [3.05, 3.63) is 66.2 Å². The van der Waals surface area contributed by atoms with Crippen LogP contribution in [0.3, 0.4) is 0 Å². The maximum atomic E-state index is 12.1. The molecule has 4 nitrogen and oxygen atoms in total. The molecule has 2 heterocycles. The largest absolute Gasteiger partial charge is 0.360 e. The van der Waals surface area contributed by atoms with Crippen LogP contribution in [0.4, 0.5) is 5.13 Å². The Hall–Kier alpha value is -2.57. The van der Waals surface area contributed by atoms with Crippen molar-refractivity contribution in [1.82, 2.24) is 9.97 Å². The van der Waals surface area contributed by atoms with Crippen LogP contribution in [0.2, 0.25) is 0 Å². The molecule has 124 valence electrons. The van der Waals surface area contributed by atoms with Gasteiger partial charge in [0.05, 0.1) is 11.4 Å². The number of benzene rings is 2. The number of aromatic nitrogens is 2. The quantitative estimate of drug-likeness (QED) is 0.488. The fourth-order valence-corrected chi connectivity index (χ4v) is 4.01. The van der Waals surface area contributed by atoms with E-state index in [2.05, 4.69) is 21.4 Å². The number of H-pyrrole nitrogens is 1. The van der Waals surface area contributed by atoms with Crippen LogP contribution < -0.4 is 5.32 Å². The molecule has 4 rings (SSSR count). The monoisotopic (exact) mass is 365 g/mol. The number of para-hydroxylation sites is 1. The van der Waals surface area contributed by atoms with E-state index in [4.69, 9.17) is 0 Å². The van der Waals surface area contributed by atoms with Crippen molar-refractivity contribution in [2.24, 2.45) is 0 Å². The van der Waals surface area contributed by atoms with Crippen molar-refractivity contribution in [2.75, 3.05) is 11.1 Å². The van der Waals surface area contributed by atoms with Gasteiger partial charge in [0.1, 0.15) is 0 Å². The lowest BCUT2D eigenvalue weighted by Crippen LogP contribution is -2.13. The highest BCUT2D eigenvalue weighted by Crippen LogP contribution is 2.31. The third-order valence-electron chi connectivity index (χ3n) is 3.73. The van der Waals surface area contributed by atoms with Crippen molar-refractivity contribution in [3.63, 3.8) is 0 Å². The Morgan fingerprint density at radius 1 is 1.12 bits per heavy atom. The summed E-state index contributed by atoms with van der Waals surface area (Å²) >= 11 is 2.95. The van der Waals surface area contributed by atoms with Crippen LogP contribution in [0.1, 0.15) is 0 Å². The second kappa shape index (κ2) is 7.13. The van der Waals surface area contributed by atoms with Crippen LogP contribution in [0.15, 0.2) is 71.1 Å². The van der Waals surface area contributed by atoms with Gasteiger partial charge in [0.25, 0.3) is 0 Å². The summed E-state index contributed by atoms with van der Waals surface area (Å²) in [4.78, 5) is 21.0. The summed E-state index contributed by atoms with van der Waals surface area (Å²) in [7, 11) is 0. The number of aromatic amines is 1. The molecule has 2 N–H and O–H groups in total. The molecule has 0 fully saturated rings. The molecule has 2 aromatic heterocycles. The third-order valence-corrected chi connectivity index (χ3v) is 5.50. The lowest BCUT2D eigenvalue weighted by Gasteiger charge is -2.01. The van der Waals surface area contributed by atoms with Crippen LogP contribution in [0.25, 0.3) is 22.2 Å². The smallest absolute Gasteiger partial charge is 0.236 e. The summed E-state index contributed by atoms with van der Waals surface area (Å²) in [6.45, 7) is 0. The first-order valence-electron chi connectivity index (χ1n) is 7.79. The molecule has 1 amide bonds. The number of carbonyl (C=O) groups is 1. The molecule has 0 radical (unpaired) electrons. The van der Waals surface area contributed by atoms with Gasteiger partial charge in [-0.05, 0) is 18.2 Å². The summed E-state index contributed by atoms with van der Waals surface area (Å²) in [6, 6.07) is 18.0. The van der Waals surface area contributed by atoms with E-state index in [1.807, 2.05) is 60.1 Å². The van der Waals surface area contributed by atoms with Crippen LogP contribution in [-0.4, -0.2) is 21.6 Å². The fourth-order valence-electron chi connectivity index (χ4n) is 2.56. The highest BCUT2D eigenvalue weighted by Gasteiger charge is 2.11. The highest BCUT2D eigenvalue weighted by atomic mass is 32.2. The number of fused-ring (bicyclic) bond motifs is 1. The van der Waals surface area contributed by atoms with Crippen LogP contribution >= 0.6 is 23.1 Å². The molecule has 0 aliphatic rings. The molecular weight excluding hydrogens is 350 g/mol. The molecule has 0 unspecified atom stereocenters. The zero-order chi connectivity index (χ0) is 17.1. The number of hydrogen-bond acceptors (Lipinski definition) is 4. The molecule has 0 bridgehead atoms. The molecule has 25 heavy (non-hydrogen) atoms. The Kier molecular flexibility index (Phi) is 4.54. The fraction of sp³-hybridized carbons (Fsp3) is 0.0526. The lowest BCUT2D eigenvalue weighted by atomic mass is 10.1. The summed E-state index contributed by atoms with van der Waals surface area (Å²) < 4.78 is 0. The number of rotatable bonds is 5. The maximum absolute atomic E-state index is 12.1. The molecule has 0 saturated heterocycles. The van der Waals surface area contributed by atoms with Crippen molar-refractivity contribution >= 4 is 45.0 Å². The minimum absolute atomic E-state index is 0.0475.